The maximum atomic E-state index is 11.6. The topological polar surface area (TPSA) is 93.9 Å². The van der Waals surface area contributed by atoms with Gasteiger partial charge in [0.25, 0.3) is 5.69 Å². The Morgan fingerprint density at radius 2 is 1.93 bits per heavy atom. The number of carbonyl (C=O) groups excluding carboxylic acids is 1. The van der Waals surface area contributed by atoms with Gasteiger partial charge in [0.05, 0.1) is 16.6 Å². The van der Waals surface area contributed by atoms with Crippen LogP contribution in [-0.2, 0) is 0 Å². The van der Waals surface area contributed by atoms with Gasteiger partial charge in [-0.2, -0.15) is 0 Å². The van der Waals surface area contributed by atoms with Crippen molar-refractivity contribution in [3.05, 3.63) is 63.2 Å². The van der Waals surface area contributed by atoms with Gasteiger partial charge in [0.1, 0.15) is 11.5 Å². The average molecular weight is 408 g/mol. The number of nitrogens with zero attached hydrogens (tertiary/aromatic N) is 2. The van der Waals surface area contributed by atoms with Crippen molar-refractivity contribution >= 4 is 23.4 Å². The minimum atomic E-state index is -0.508. The molecule has 2 aromatic carbocycles. The van der Waals surface area contributed by atoms with Gasteiger partial charge >= 0.3 is 6.09 Å². The molecule has 0 spiro atoms. The van der Waals surface area contributed by atoms with E-state index in [0.717, 1.165) is 5.56 Å². The number of hydrogen-bond donors (Lipinski definition) is 1. The summed E-state index contributed by atoms with van der Waals surface area (Å²) >= 11 is 6.03. The third-order valence-corrected chi connectivity index (χ3v) is 4.29. The second kappa shape index (κ2) is 9.91. The van der Waals surface area contributed by atoms with Crippen LogP contribution in [0, 0.1) is 10.1 Å². The molecule has 0 radical (unpaired) electrons. The van der Waals surface area contributed by atoms with Crippen LogP contribution in [0.3, 0.4) is 0 Å². The number of hydrogen-bond acceptors (Lipinski definition) is 6. The summed E-state index contributed by atoms with van der Waals surface area (Å²) in [4.78, 5) is 23.2. The third kappa shape index (κ3) is 5.83. The molecule has 0 unspecified atom stereocenters. The third-order valence-electron chi connectivity index (χ3n) is 3.99. The number of amides is 1. The number of nitro benzene ring substituents is 1. The number of nitro groups is 1. The number of rotatable bonds is 8. The van der Waals surface area contributed by atoms with E-state index in [2.05, 4.69) is 5.32 Å². The first-order valence-electron chi connectivity index (χ1n) is 8.55. The van der Waals surface area contributed by atoms with Gasteiger partial charge in [0.2, 0.25) is 0 Å². The van der Waals surface area contributed by atoms with E-state index in [1.54, 1.807) is 26.2 Å². The van der Waals surface area contributed by atoms with E-state index in [4.69, 9.17) is 21.1 Å². The summed E-state index contributed by atoms with van der Waals surface area (Å²) in [7, 11) is 5.07. The number of benzene rings is 2. The SMILES string of the molecule is CN[C@H](CCOc1ccc([N+](=O)[O-])cc1Cl)c1ccc(OC(=O)N(C)C)cc1. The van der Waals surface area contributed by atoms with E-state index in [1.807, 2.05) is 19.2 Å². The number of carbonyl (C=O) groups is 1. The Morgan fingerprint density at radius 3 is 2.46 bits per heavy atom. The Kier molecular flexibility index (Phi) is 7.60. The molecule has 2 rings (SSSR count). The van der Waals surface area contributed by atoms with E-state index in [1.165, 1.54) is 23.1 Å². The zero-order valence-electron chi connectivity index (χ0n) is 15.8. The number of non-ortho nitro benzene ring substituents is 1. The molecule has 2 aromatic rings. The zero-order chi connectivity index (χ0) is 20.7. The predicted octanol–water partition coefficient (Wildman–Crippen LogP) is 4.04. The van der Waals surface area contributed by atoms with Crippen molar-refractivity contribution < 1.29 is 19.2 Å². The van der Waals surface area contributed by atoms with E-state index in [0.29, 0.717) is 24.5 Å². The first-order chi connectivity index (χ1) is 13.3. The van der Waals surface area contributed by atoms with Crippen molar-refractivity contribution in [3.63, 3.8) is 0 Å². The molecule has 1 amide bonds. The normalized spacial score (nSPS) is 11.6. The van der Waals surface area contributed by atoms with Crippen LogP contribution in [0.4, 0.5) is 10.5 Å². The molecule has 0 saturated heterocycles. The molecule has 1 atom stereocenters. The molecule has 0 aliphatic rings. The van der Waals surface area contributed by atoms with Gasteiger partial charge < -0.3 is 19.7 Å². The Balaban J connectivity index is 1.93. The summed E-state index contributed by atoms with van der Waals surface area (Å²) in [5, 5.41) is 14.1. The quantitative estimate of drug-likeness (QED) is 0.524. The smallest absolute Gasteiger partial charge is 0.414 e. The molecule has 0 heterocycles. The fraction of sp³-hybridized carbons (Fsp3) is 0.316. The lowest BCUT2D eigenvalue weighted by Gasteiger charge is -2.18. The van der Waals surface area contributed by atoms with Crippen LogP contribution in [0.15, 0.2) is 42.5 Å². The van der Waals surface area contributed by atoms with E-state index < -0.39 is 11.0 Å². The van der Waals surface area contributed by atoms with Gasteiger partial charge in [-0.05, 0) is 30.8 Å². The molecule has 1 N–H and O–H groups in total. The highest BCUT2D eigenvalue weighted by Crippen LogP contribution is 2.29. The van der Waals surface area contributed by atoms with Crippen molar-refractivity contribution in [2.24, 2.45) is 0 Å². The molecule has 0 bridgehead atoms. The molecule has 0 fully saturated rings. The maximum absolute atomic E-state index is 11.6. The number of halogens is 1. The molecule has 0 aliphatic carbocycles. The first-order valence-corrected chi connectivity index (χ1v) is 8.92. The fourth-order valence-corrected chi connectivity index (χ4v) is 2.67. The highest BCUT2D eigenvalue weighted by atomic mass is 35.5. The number of nitrogens with one attached hydrogen (secondary N) is 1. The second-order valence-corrected chi connectivity index (χ2v) is 6.59. The van der Waals surface area contributed by atoms with Gasteiger partial charge in [-0.25, -0.2) is 4.79 Å². The monoisotopic (exact) mass is 407 g/mol. The molecule has 150 valence electrons. The minimum Gasteiger partial charge on any atom is -0.492 e. The summed E-state index contributed by atoms with van der Waals surface area (Å²) < 4.78 is 10.9. The Labute approximate surface area is 168 Å². The van der Waals surface area contributed by atoms with E-state index in [-0.39, 0.29) is 16.8 Å². The minimum absolute atomic E-state index is 0.00965. The molecule has 0 aromatic heterocycles. The van der Waals surface area contributed by atoms with Gasteiger partial charge in [0, 0.05) is 38.7 Å². The summed E-state index contributed by atoms with van der Waals surface area (Å²) in [5.74, 6) is 0.860. The molecule has 8 nitrogen and oxygen atoms in total. The van der Waals surface area contributed by atoms with Gasteiger partial charge in [-0.3, -0.25) is 10.1 Å². The second-order valence-electron chi connectivity index (χ2n) is 6.18. The lowest BCUT2D eigenvalue weighted by atomic mass is 10.0. The first kappa shape index (κ1) is 21.5. The van der Waals surface area contributed by atoms with Crippen LogP contribution in [-0.4, -0.2) is 43.7 Å². The zero-order valence-corrected chi connectivity index (χ0v) is 16.6. The van der Waals surface area contributed by atoms with E-state index >= 15 is 0 Å². The lowest BCUT2D eigenvalue weighted by Crippen LogP contribution is -2.25. The Hall–Kier alpha value is -2.84. The highest BCUT2D eigenvalue weighted by Gasteiger charge is 2.13. The van der Waals surface area contributed by atoms with Crippen LogP contribution in [0.5, 0.6) is 11.5 Å². The summed E-state index contributed by atoms with van der Waals surface area (Å²) in [5.41, 5.74) is 0.922. The molecular formula is C19H22ClN3O5. The highest BCUT2D eigenvalue weighted by molar-refractivity contribution is 6.32. The van der Waals surface area contributed by atoms with Crippen molar-refractivity contribution in [3.8, 4) is 11.5 Å². The molecule has 9 heteroatoms. The van der Waals surface area contributed by atoms with Crippen LogP contribution >= 0.6 is 11.6 Å². The summed E-state index contributed by atoms with van der Waals surface area (Å²) in [6, 6.07) is 11.3. The average Bonchev–Trinajstić information content (AvgIpc) is 2.67. The molecule has 0 saturated carbocycles. The van der Waals surface area contributed by atoms with Gasteiger partial charge in [-0.1, -0.05) is 23.7 Å². The van der Waals surface area contributed by atoms with Crippen molar-refractivity contribution in [1.29, 1.82) is 0 Å². The van der Waals surface area contributed by atoms with Crippen LogP contribution < -0.4 is 14.8 Å². The lowest BCUT2D eigenvalue weighted by molar-refractivity contribution is -0.384. The van der Waals surface area contributed by atoms with Crippen LogP contribution in [0.25, 0.3) is 0 Å². The fourth-order valence-electron chi connectivity index (χ4n) is 2.45. The maximum Gasteiger partial charge on any atom is 0.414 e. The van der Waals surface area contributed by atoms with Crippen molar-refractivity contribution in [2.45, 2.75) is 12.5 Å². The van der Waals surface area contributed by atoms with Crippen LogP contribution in [0.2, 0.25) is 5.02 Å². The van der Waals surface area contributed by atoms with Gasteiger partial charge in [-0.15, -0.1) is 0 Å². The van der Waals surface area contributed by atoms with Crippen LogP contribution in [0.1, 0.15) is 18.0 Å². The predicted molar refractivity (Wildman–Crippen MR) is 106 cm³/mol. The standard InChI is InChI=1S/C19H22ClN3O5/c1-21-17(13-4-7-15(8-5-13)28-19(24)22(2)3)10-11-27-18-9-6-14(23(25)26)12-16(18)20/h4-9,12,17,21H,10-11H2,1-3H3/t17-/m1/s1. The molecular weight excluding hydrogens is 386 g/mol. The van der Waals surface area contributed by atoms with Gasteiger partial charge in [0.15, 0.2) is 0 Å². The van der Waals surface area contributed by atoms with E-state index in [9.17, 15) is 14.9 Å². The summed E-state index contributed by atoms with van der Waals surface area (Å²) in [6.07, 6.45) is 0.201. The Morgan fingerprint density at radius 1 is 1.25 bits per heavy atom. The van der Waals surface area contributed by atoms with Crippen molar-refractivity contribution in [2.75, 3.05) is 27.7 Å². The largest absolute Gasteiger partial charge is 0.492 e. The molecule has 0 aliphatic heterocycles. The number of ether oxygens (including phenoxy) is 2. The summed E-state index contributed by atoms with van der Waals surface area (Å²) in [6.45, 7) is 0.362. The Bertz CT molecular complexity index is 827. The van der Waals surface area contributed by atoms with Crippen molar-refractivity contribution in [1.82, 2.24) is 10.2 Å². The molecule has 28 heavy (non-hydrogen) atoms.